The van der Waals surface area contributed by atoms with Gasteiger partial charge in [-0.25, -0.2) is 0 Å². The number of carboxylic acid groups (broad SMARTS) is 4. The van der Waals surface area contributed by atoms with Crippen LogP contribution in [0.5, 0.6) is 0 Å². The van der Waals surface area contributed by atoms with E-state index in [2.05, 4.69) is 0 Å². The molecule has 1 fully saturated rings. The predicted molar refractivity (Wildman–Crippen MR) is 129 cm³/mol. The van der Waals surface area contributed by atoms with Crippen LogP contribution in [-0.2, 0) is 24.0 Å². The summed E-state index contributed by atoms with van der Waals surface area (Å²) in [6, 6.07) is -1.11. The van der Waals surface area contributed by atoms with Crippen LogP contribution in [0.15, 0.2) is 0 Å². The smallest absolute Gasteiger partial charge is 0.320 e. The van der Waals surface area contributed by atoms with Crippen LogP contribution < -0.4 is 0 Å². The van der Waals surface area contributed by atoms with Crippen LogP contribution in [0, 0.1) is 5.41 Å². The van der Waals surface area contributed by atoms with E-state index >= 15 is 0 Å². The van der Waals surface area contributed by atoms with E-state index in [0.717, 1.165) is 0 Å². The Morgan fingerprint density at radius 3 is 1.36 bits per heavy atom. The van der Waals surface area contributed by atoms with Crippen molar-refractivity contribution in [2.45, 2.75) is 39.7 Å². The summed E-state index contributed by atoms with van der Waals surface area (Å²) in [6.07, 6.45) is -0.479. The largest absolute Gasteiger partial charge is 0.481 e. The van der Waals surface area contributed by atoms with E-state index in [1.54, 1.807) is 14.7 Å². The zero-order chi connectivity index (χ0) is 27.5. The highest BCUT2D eigenvalue weighted by Crippen LogP contribution is 2.16. The minimum Gasteiger partial charge on any atom is -0.481 e. The van der Waals surface area contributed by atoms with E-state index in [1.807, 2.05) is 25.7 Å². The van der Waals surface area contributed by atoms with Gasteiger partial charge in [-0.2, -0.15) is 0 Å². The Balaban J connectivity index is 3.17. The van der Waals surface area contributed by atoms with Crippen molar-refractivity contribution in [3.8, 4) is 0 Å². The number of hydrogen-bond donors (Lipinski definition) is 4. The molecule has 0 saturated carbocycles. The summed E-state index contributed by atoms with van der Waals surface area (Å²) in [7, 11) is 0. The predicted octanol–water partition coefficient (Wildman–Crippen LogP) is -0.690. The zero-order valence-corrected chi connectivity index (χ0v) is 21.4. The topological polar surface area (TPSA) is 179 Å². The number of nitrogens with zero attached hydrogens (tertiary/aromatic N) is 4. The Kier molecular flexibility index (Phi) is 12.9. The SMILES string of the molecule is CC(C)(C)C(=O)CN1CCN(CC(=O)O)CCN(C(CCC(=O)O)C(=O)O)CCN(CC(=O)O)CC1. The third-order valence-corrected chi connectivity index (χ3v) is 6.15. The molecule has 0 spiro atoms. The van der Waals surface area contributed by atoms with Crippen LogP contribution in [-0.4, -0.2) is 148 Å². The van der Waals surface area contributed by atoms with Gasteiger partial charge in [0.05, 0.1) is 19.6 Å². The van der Waals surface area contributed by atoms with Gasteiger partial charge in [0, 0.05) is 64.2 Å². The van der Waals surface area contributed by atoms with E-state index in [-0.39, 0.29) is 64.4 Å². The van der Waals surface area contributed by atoms with Crippen molar-refractivity contribution >= 4 is 29.7 Å². The summed E-state index contributed by atoms with van der Waals surface area (Å²) in [5.74, 6) is -4.39. The number of hydrogen-bond acceptors (Lipinski definition) is 9. The molecule has 0 bridgehead atoms. The van der Waals surface area contributed by atoms with Crippen LogP contribution in [0.25, 0.3) is 0 Å². The Morgan fingerprint density at radius 2 is 1.03 bits per heavy atom. The van der Waals surface area contributed by atoms with Gasteiger partial charge in [0.1, 0.15) is 6.04 Å². The average molecular weight is 517 g/mol. The van der Waals surface area contributed by atoms with Crippen molar-refractivity contribution in [3.05, 3.63) is 0 Å². The highest BCUT2D eigenvalue weighted by atomic mass is 16.4. The lowest BCUT2D eigenvalue weighted by Gasteiger charge is -2.35. The molecule has 1 heterocycles. The third kappa shape index (κ3) is 12.4. The molecule has 0 amide bonds. The lowest BCUT2D eigenvalue weighted by molar-refractivity contribution is -0.146. The van der Waals surface area contributed by atoms with Crippen molar-refractivity contribution in [1.82, 2.24) is 19.6 Å². The molecule has 206 valence electrons. The maximum Gasteiger partial charge on any atom is 0.320 e. The molecule has 0 aromatic carbocycles. The van der Waals surface area contributed by atoms with Crippen molar-refractivity contribution in [3.63, 3.8) is 0 Å². The van der Waals surface area contributed by atoms with Gasteiger partial charge in [0.15, 0.2) is 5.78 Å². The quantitative estimate of drug-likeness (QED) is 0.271. The monoisotopic (exact) mass is 516 g/mol. The highest BCUT2D eigenvalue weighted by Gasteiger charge is 2.29. The molecule has 0 radical (unpaired) electrons. The summed E-state index contributed by atoms with van der Waals surface area (Å²) in [5, 5.41) is 37.5. The van der Waals surface area contributed by atoms with Crippen molar-refractivity contribution < 1.29 is 44.4 Å². The molecule has 1 rings (SSSR count). The molecule has 1 atom stereocenters. The number of carbonyl (C=O) groups is 5. The van der Waals surface area contributed by atoms with Gasteiger partial charge in [-0.3, -0.25) is 43.6 Å². The second-order valence-electron chi connectivity index (χ2n) is 10.1. The van der Waals surface area contributed by atoms with Crippen LogP contribution in [0.1, 0.15) is 33.6 Å². The molecule has 13 heteroatoms. The fraction of sp³-hybridized carbons (Fsp3) is 0.783. The number of ketones is 1. The Labute approximate surface area is 211 Å². The summed E-state index contributed by atoms with van der Waals surface area (Å²) < 4.78 is 0. The number of rotatable bonds is 11. The minimum atomic E-state index is -1.19. The Morgan fingerprint density at radius 1 is 0.639 bits per heavy atom. The third-order valence-electron chi connectivity index (χ3n) is 6.15. The van der Waals surface area contributed by atoms with E-state index < -0.39 is 35.3 Å². The number of carboxylic acids is 4. The van der Waals surface area contributed by atoms with E-state index in [9.17, 15) is 39.3 Å². The molecule has 0 aromatic heterocycles. The lowest BCUT2D eigenvalue weighted by Crippen LogP contribution is -2.52. The maximum absolute atomic E-state index is 12.7. The summed E-state index contributed by atoms with van der Waals surface area (Å²) in [4.78, 5) is 65.3. The van der Waals surface area contributed by atoms with Crippen molar-refractivity contribution in [2.75, 3.05) is 72.0 Å². The summed E-state index contributed by atoms with van der Waals surface area (Å²) >= 11 is 0. The number of carbonyl (C=O) groups excluding carboxylic acids is 1. The zero-order valence-electron chi connectivity index (χ0n) is 21.4. The van der Waals surface area contributed by atoms with Gasteiger partial charge in [0.25, 0.3) is 0 Å². The van der Waals surface area contributed by atoms with Crippen LogP contribution in [0.4, 0.5) is 0 Å². The molecule has 36 heavy (non-hydrogen) atoms. The molecule has 1 aliphatic heterocycles. The Hall–Kier alpha value is -2.61. The van der Waals surface area contributed by atoms with Gasteiger partial charge in [-0.15, -0.1) is 0 Å². The molecule has 1 saturated heterocycles. The molecular weight excluding hydrogens is 476 g/mol. The van der Waals surface area contributed by atoms with Gasteiger partial charge >= 0.3 is 23.9 Å². The second kappa shape index (κ2) is 14.8. The van der Waals surface area contributed by atoms with Gasteiger partial charge in [-0.05, 0) is 6.42 Å². The lowest BCUT2D eigenvalue weighted by atomic mass is 9.90. The first kappa shape index (κ1) is 31.4. The van der Waals surface area contributed by atoms with Gasteiger partial charge in [0.2, 0.25) is 0 Å². The normalized spacial score (nSPS) is 19.1. The van der Waals surface area contributed by atoms with Gasteiger partial charge in [-0.1, -0.05) is 20.8 Å². The van der Waals surface area contributed by atoms with Crippen molar-refractivity contribution in [1.29, 1.82) is 0 Å². The van der Waals surface area contributed by atoms with Crippen molar-refractivity contribution in [2.24, 2.45) is 5.41 Å². The highest BCUT2D eigenvalue weighted by molar-refractivity contribution is 5.85. The number of Topliss-reactive ketones (excluding diaryl/α,β-unsaturated/α-hetero) is 1. The molecule has 0 aromatic rings. The Bertz CT molecular complexity index is 752. The van der Waals surface area contributed by atoms with E-state index in [0.29, 0.717) is 26.2 Å². The maximum atomic E-state index is 12.7. The summed E-state index contributed by atoms with van der Waals surface area (Å²) in [5.41, 5.74) is -0.562. The fourth-order valence-corrected chi connectivity index (χ4v) is 3.88. The average Bonchev–Trinajstić information content (AvgIpc) is 2.73. The van der Waals surface area contributed by atoms with Gasteiger partial charge < -0.3 is 20.4 Å². The second-order valence-corrected chi connectivity index (χ2v) is 10.1. The molecule has 1 aliphatic rings. The number of aliphatic carboxylic acids is 4. The molecule has 0 aliphatic carbocycles. The molecule has 13 nitrogen and oxygen atoms in total. The molecular formula is C23H40N4O9. The standard InChI is InChI=1S/C23H40N4O9/c1-23(2,3)18(28)14-24-6-8-25(15-20(31)32)10-12-27(17(22(35)36)4-5-19(29)30)13-11-26(9-7-24)16-21(33)34/h17H,4-16H2,1-3H3,(H,29,30)(H,31,32)(H,33,34)(H,35,36). The van der Waals surface area contributed by atoms with E-state index in [1.165, 1.54) is 0 Å². The first-order chi connectivity index (χ1) is 16.7. The minimum absolute atomic E-state index is 0.0121. The van der Waals surface area contributed by atoms with Crippen LogP contribution >= 0.6 is 0 Å². The molecule has 1 unspecified atom stereocenters. The fourth-order valence-electron chi connectivity index (χ4n) is 3.88. The van der Waals surface area contributed by atoms with Crippen LogP contribution in [0.2, 0.25) is 0 Å². The molecule has 4 N–H and O–H groups in total. The first-order valence-corrected chi connectivity index (χ1v) is 12.0. The first-order valence-electron chi connectivity index (χ1n) is 12.0. The van der Waals surface area contributed by atoms with Crippen LogP contribution in [0.3, 0.4) is 0 Å². The van der Waals surface area contributed by atoms with E-state index in [4.69, 9.17) is 5.11 Å². The summed E-state index contributed by atoms with van der Waals surface area (Å²) in [6.45, 7) is 7.16.